The molecule has 0 unspecified atom stereocenters. The van der Waals surface area contributed by atoms with E-state index in [1.165, 1.54) is 6.07 Å². The predicted octanol–water partition coefficient (Wildman–Crippen LogP) is 3.47. The quantitative estimate of drug-likeness (QED) is 0.638. The molecule has 1 aromatic carbocycles. The van der Waals surface area contributed by atoms with Gasteiger partial charge in [-0.2, -0.15) is 13.2 Å². The molecular formula is C11H14F3NO. The number of unbranched alkanes of at least 4 members (excludes halogenated alkanes) is 1. The molecule has 0 heterocycles. The Morgan fingerprint density at radius 3 is 2.50 bits per heavy atom. The van der Waals surface area contributed by atoms with Crippen LogP contribution >= 0.6 is 0 Å². The predicted molar refractivity (Wildman–Crippen MR) is 56.3 cm³/mol. The Bertz CT molecular complexity index is 350. The standard InChI is InChI=1S/C11H14F3NO/c1-2-3-6-16-10-5-4-8(7-9(10)15)11(12,13)14/h4-5,7H,2-3,6,15H2,1H3. The summed E-state index contributed by atoms with van der Waals surface area (Å²) in [4.78, 5) is 0. The van der Waals surface area contributed by atoms with Gasteiger partial charge in [0.05, 0.1) is 17.9 Å². The van der Waals surface area contributed by atoms with Crippen LogP contribution in [0.4, 0.5) is 18.9 Å². The van der Waals surface area contributed by atoms with E-state index in [1.54, 1.807) is 0 Å². The fourth-order valence-electron chi connectivity index (χ4n) is 1.18. The highest BCUT2D eigenvalue weighted by molar-refractivity contribution is 5.54. The molecule has 16 heavy (non-hydrogen) atoms. The maximum atomic E-state index is 12.3. The number of benzene rings is 1. The summed E-state index contributed by atoms with van der Waals surface area (Å²) in [6, 6.07) is 3.12. The van der Waals surface area contributed by atoms with Crippen LogP contribution in [-0.4, -0.2) is 6.61 Å². The third-order valence-corrected chi connectivity index (χ3v) is 2.09. The van der Waals surface area contributed by atoms with Gasteiger partial charge in [-0.15, -0.1) is 0 Å². The van der Waals surface area contributed by atoms with E-state index in [0.29, 0.717) is 12.4 Å². The Kier molecular flexibility index (Phi) is 4.04. The first kappa shape index (κ1) is 12.7. The fourth-order valence-corrected chi connectivity index (χ4v) is 1.18. The lowest BCUT2D eigenvalue weighted by Crippen LogP contribution is -2.07. The number of alkyl halides is 3. The van der Waals surface area contributed by atoms with Crippen LogP contribution in [-0.2, 0) is 6.18 Å². The van der Waals surface area contributed by atoms with E-state index >= 15 is 0 Å². The normalized spacial score (nSPS) is 11.5. The zero-order chi connectivity index (χ0) is 12.2. The van der Waals surface area contributed by atoms with E-state index in [9.17, 15) is 13.2 Å². The Labute approximate surface area is 92.2 Å². The van der Waals surface area contributed by atoms with Crippen molar-refractivity contribution in [3.63, 3.8) is 0 Å². The fraction of sp³-hybridized carbons (Fsp3) is 0.455. The van der Waals surface area contributed by atoms with Crippen LogP contribution in [0.1, 0.15) is 25.3 Å². The molecule has 2 nitrogen and oxygen atoms in total. The summed E-state index contributed by atoms with van der Waals surface area (Å²) in [5.41, 5.74) is 4.74. The van der Waals surface area contributed by atoms with E-state index in [0.717, 1.165) is 25.0 Å². The summed E-state index contributed by atoms with van der Waals surface area (Å²) in [5, 5.41) is 0. The Morgan fingerprint density at radius 1 is 1.31 bits per heavy atom. The van der Waals surface area contributed by atoms with Crippen molar-refractivity contribution < 1.29 is 17.9 Å². The number of nitrogen functional groups attached to an aromatic ring is 1. The SMILES string of the molecule is CCCCOc1ccc(C(F)(F)F)cc1N. The first-order chi connectivity index (χ1) is 7.45. The molecule has 0 aromatic heterocycles. The molecule has 0 bridgehead atoms. The molecule has 90 valence electrons. The number of halogens is 3. The van der Waals surface area contributed by atoms with E-state index < -0.39 is 11.7 Å². The average molecular weight is 233 g/mol. The second kappa shape index (κ2) is 5.09. The average Bonchev–Trinajstić information content (AvgIpc) is 2.19. The van der Waals surface area contributed by atoms with Crippen molar-refractivity contribution in [1.82, 2.24) is 0 Å². The van der Waals surface area contributed by atoms with Crippen molar-refractivity contribution >= 4 is 5.69 Å². The molecule has 0 fully saturated rings. The van der Waals surface area contributed by atoms with Crippen LogP contribution < -0.4 is 10.5 Å². The zero-order valence-corrected chi connectivity index (χ0v) is 8.97. The maximum absolute atomic E-state index is 12.3. The second-order valence-electron chi connectivity index (χ2n) is 3.45. The largest absolute Gasteiger partial charge is 0.491 e. The summed E-state index contributed by atoms with van der Waals surface area (Å²) >= 11 is 0. The molecule has 1 aromatic rings. The third kappa shape index (κ3) is 3.32. The van der Waals surface area contributed by atoms with E-state index in [-0.39, 0.29) is 5.69 Å². The van der Waals surface area contributed by atoms with Crippen LogP contribution in [0.15, 0.2) is 18.2 Å². The molecule has 0 aliphatic heterocycles. The molecule has 5 heteroatoms. The highest BCUT2D eigenvalue weighted by Crippen LogP contribution is 2.33. The number of hydrogen-bond acceptors (Lipinski definition) is 2. The summed E-state index contributed by atoms with van der Waals surface area (Å²) < 4.78 is 42.2. The van der Waals surface area contributed by atoms with Gasteiger partial charge in [-0.25, -0.2) is 0 Å². The monoisotopic (exact) mass is 233 g/mol. The van der Waals surface area contributed by atoms with E-state index in [4.69, 9.17) is 10.5 Å². The first-order valence-corrected chi connectivity index (χ1v) is 5.04. The Morgan fingerprint density at radius 2 is 2.00 bits per heavy atom. The number of nitrogens with two attached hydrogens (primary N) is 1. The molecule has 2 N–H and O–H groups in total. The van der Waals surface area contributed by atoms with Crippen LogP contribution in [0, 0.1) is 0 Å². The number of anilines is 1. The lowest BCUT2D eigenvalue weighted by molar-refractivity contribution is -0.137. The van der Waals surface area contributed by atoms with Crippen molar-refractivity contribution in [2.24, 2.45) is 0 Å². The van der Waals surface area contributed by atoms with Gasteiger partial charge in [0.15, 0.2) is 0 Å². The van der Waals surface area contributed by atoms with Gasteiger partial charge in [0.1, 0.15) is 5.75 Å². The van der Waals surface area contributed by atoms with Gasteiger partial charge in [-0.3, -0.25) is 0 Å². The topological polar surface area (TPSA) is 35.2 Å². The third-order valence-electron chi connectivity index (χ3n) is 2.09. The van der Waals surface area contributed by atoms with Crippen LogP contribution in [0.2, 0.25) is 0 Å². The van der Waals surface area contributed by atoms with Gasteiger partial charge in [0, 0.05) is 0 Å². The molecule has 0 atom stereocenters. The molecule has 0 amide bonds. The minimum Gasteiger partial charge on any atom is -0.491 e. The molecule has 1 rings (SSSR count). The minimum atomic E-state index is -4.37. The maximum Gasteiger partial charge on any atom is 0.416 e. The Hall–Kier alpha value is -1.39. The zero-order valence-electron chi connectivity index (χ0n) is 8.97. The number of rotatable bonds is 4. The molecule has 0 saturated heterocycles. The molecule has 0 radical (unpaired) electrons. The number of ether oxygens (including phenoxy) is 1. The van der Waals surface area contributed by atoms with Gasteiger partial charge < -0.3 is 10.5 Å². The van der Waals surface area contributed by atoms with Gasteiger partial charge in [-0.05, 0) is 24.6 Å². The summed E-state index contributed by atoms with van der Waals surface area (Å²) in [7, 11) is 0. The van der Waals surface area contributed by atoms with Crippen molar-refractivity contribution in [2.45, 2.75) is 25.9 Å². The van der Waals surface area contributed by atoms with Gasteiger partial charge >= 0.3 is 6.18 Å². The lowest BCUT2D eigenvalue weighted by atomic mass is 10.2. The lowest BCUT2D eigenvalue weighted by Gasteiger charge is -2.11. The first-order valence-electron chi connectivity index (χ1n) is 5.04. The molecule has 0 saturated carbocycles. The van der Waals surface area contributed by atoms with Crippen molar-refractivity contribution in [1.29, 1.82) is 0 Å². The van der Waals surface area contributed by atoms with Gasteiger partial charge in [0.25, 0.3) is 0 Å². The summed E-state index contributed by atoms with van der Waals surface area (Å²) in [5.74, 6) is 0.307. The molecule has 0 spiro atoms. The van der Waals surface area contributed by atoms with Crippen LogP contribution in [0.25, 0.3) is 0 Å². The summed E-state index contributed by atoms with van der Waals surface area (Å²) in [6.07, 6.45) is -2.56. The summed E-state index contributed by atoms with van der Waals surface area (Å²) in [6.45, 7) is 2.46. The second-order valence-corrected chi connectivity index (χ2v) is 3.45. The molecule has 0 aliphatic rings. The van der Waals surface area contributed by atoms with E-state index in [1.807, 2.05) is 6.92 Å². The van der Waals surface area contributed by atoms with Gasteiger partial charge in [0.2, 0.25) is 0 Å². The Balaban J connectivity index is 2.76. The molecular weight excluding hydrogens is 219 g/mol. The molecule has 0 aliphatic carbocycles. The van der Waals surface area contributed by atoms with Crippen molar-refractivity contribution in [2.75, 3.05) is 12.3 Å². The minimum absolute atomic E-state index is 0.0194. The van der Waals surface area contributed by atoms with Crippen LogP contribution in [0.5, 0.6) is 5.75 Å². The van der Waals surface area contributed by atoms with Gasteiger partial charge in [-0.1, -0.05) is 13.3 Å². The smallest absolute Gasteiger partial charge is 0.416 e. The van der Waals surface area contributed by atoms with Crippen molar-refractivity contribution in [3.8, 4) is 5.75 Å². The van der Waals surface area contributed by atoms with Crippen molar-refractivity contribution in [3.05, 3.63) is 23.8 Å². The highest BCUT2D eigenvalue weighted by Gasteiger charge is 2.30. The highest BCUT2D eigenvalue weighted by atomic mass is 19.4. The number of hydrogen-bond donors (Lipinski definition) is 1. The van der Waals surface area contributed by atoms with Crippen LogP contribution in [0.3, 0.4) is 0 Å². The van der Waals surface area contributed by atoms with E-state index in [2.05, 4.69) is 0 Å².